The Kier molecular flexibility index (Phi) is 4.37. The van der Waals surface area contributed by atoms with E-state index in [-0.39, 0.29) is 12.5 Å². The van der Waals surface area contributed by atoms with E-state index in [2.05, 4.69) is 16.6 Å². The molecule has 0 unspecified atom stereocenters. The van der Waals surface area contributed by atoms with Crippen LogP contribution in [0.4, 0.5) is 0 Å². The van der Waals surface area contributed by atoms with Gasteiger partial charge in [0.1, 0.15) is 6.54 Å². The smallest absolute Gasteiger partial charge is 0.325 e. The molecule has 3 nitrogen and oxygen atoms in total. The first kappa shape index (κ1) is 9.01. The van der Waals surface area contributed by atoms with E-state index in [1.165, 1.54) is 0 Å². The molecule has 0 aliphatic carbocycles. The quantitative estimate of drug-likeness (QED) is 0.588. The molecule has 0 heterocycles. The lowest BCUT2D eigenvalue weighted by Crippen LogP contribution is -2.22. The summed E-state index contributed by atoms with van der Waals surface area (Å²) in [5.41, 5.74) is 0.771. The number of carbonyl (C=O) groups is 1. The second kappa shape index (κ2) is 4.85. The van der Waals surface area contributed by atoms with Crippen molar-refractivity contribution in [2.24, 2.45) is 0 Å². The van der Waals surface area contributed by atoms with E-state index in [4.69, 9.17) is 0 Å². The molecule has 0 saturated heterocycles. The number of hydrogen-bond donors (Lipinski definition) is 1. The van der Waals surface area contributed by atoms with Gasteiger partial charge in [-0.05, 0) is 13.8 Å². The molecule has 0 spiro atoms. The SMILES string of the molecule is C=C(C)NCC(=O)OCC. The number of nitrogens with one attached hydrogen (secondary N) is 1. The minimum atomic E-state index is -0.245. The number of rotatable bonds is 4. The number of allylic oxidation sites excluding steroid dienone is 1. The van der Waals surface area contributed by atoms with Gasteiger partial charge in [-0.15, -0.1) is 0 Å². The van der Waals surface area contributed by atoms with Crippen LogP contribution in [0.15, 0.2) is 12.3 Å². The Balaban J connectivity index is 3.30. The fourth-order valence-electron chi connectivity index (χ4n) is 0.435. The lowest BCUT2D eigenvalue weighted by atomic mass is 10.5. The van der Waals surface area contributed by atoms with Gasteiger partial charge < -0.3 is 10.1 Å². The van der Waals surface area contributed by atoms with Gasteiger partial charge in [0.25, 0.3) is 0 Å². The molecular formula is C7H13NO2. The maximum atomic E-state index is 10.6. The summed E-state index contributed by atoms with van der Waals surface area (Å²) < 4.78 is 4.65. The first-order valence-electron chi connectivity index (χ1n) is 3.21. The molecule has 0 aliphatic heterocycles. The standard InChI is InChI=1S/C7H13NO2/c1-4-10-7(9)5-8-6(2)3/h8H,2,4-5H2,1,3H3. The van der Waals surface area contributed by atoms with Crippen LogP contribution in [0, 0.1) is 0 Å². The van der Waals surface area contributed by atoms with Crippen molar-refractivity contribution in [3.8, 4) is 0 Å². The van der Waals surface area contributed by atoms with E-state index in [9.17, 15) is 4.79 Å². The van der Waals surface area contributed by atoms with Gasteiger partial charge in [0.2, 0.25) is 0 Å². The molecule has 0 aromatic carbocycles. The molecule has 0 aromatic rings. The second-order valence-corrected chi connectivity index (χ2v) is 1.94. The zero-order valence-corrected chi connectivity index (χ0v) is 6.44. The van der Waals surface area contributed by atoms with Gasteiger partial charge in [-0.1, -0.05) is 6.58 Å². The summed E-state index contributed by atoms with van der Waals surface area (Å²) in [6.07, 6.45) is 0. The van der Waals surface area contributed by atoms with Crippen LogP contribution in [0.1, 0.15) is 13.8 Å². The monoisotopic (exact) mass is 143 g/mol. The molecule has 0 fully saturated rings. The molecule has 0 aliphatic rings. The molecule has 58 valence electrons. The Morgan fingerprint density at radius 2 is 2.30 bits per heavy atom. The number of carbonyl (C=O) groups excluding carboxylic acids is 1. The van der Waals surface area contributed by atoms with E-state index in [1.54, 1.807) is 13.8 Å². The van der Waals surface area contributed by atoms with Crippen molar-refractivity contribution in [2.45, 2.75) is 13.8 Å². The lowest BCUT2D eigenvalue weighted by Gasteiger charge is -2.03. The maximum absolute atomic E-state index is 10.6. The van der Waals surface area contributed by atoms with Crippen LogP contribution < -0.4 is 5.32 Å². The molecule has 0 radical (unpaired) electrons. The van der Waals surface area contributed by atoms with Gasteiger partial charge in [-0.25, -0.2) is 0 Å². The molecule has 0 bridgehead atoms. The van der Waals surface area contributed by atoms with Crippen molar-refractivity contribution >= 4 is 5.97 Å². The first-order chi connectivity index (χ1) is 4.66. The van der Waals surface area contributed by atoms with E-state index in [0.717, 1.165) is 5.70 Å². The topological polar surface area (TPSA) is 38.3 Å². The Morgan fingerprint density at radius 3 is 2.70 bits per heavy atom. The van der Waals surface area contributed by atoms with E-state index in [0.29, 0.717) is 6.61 Å². The summed E-state index contributed by atoms with van der Waals surface area (Å²) in [4.78, 5) is 10.6. The number of hydrogen-bond acceptors (Lipinski definition) is 3. The van der Waals surface area contributed by atoms with Crippen LogP contribution in [0.2, 0.25) is 0 Å². The van der Waals surface area contributed by atoms with Gasteiger partial charge in [-0.3, -0.25) is 4.79 Å². The Bertz CT molecular complexity index is 132. The van der Waals surface area contributed by atoms with Crippen molar-refractivity contribution < 1.29 is 9.53 Å². The third-order valence-corrected chi connectivity index (χ3v) is 0.840. The third kappa shape index (κ3) is 5.15. The fourth-order valence-corrected chi connectivity index (χ4v) is 0.435. The van der Waals surface area contributed by atoms with Gasteiger partial charge in [-0.2, -0.15) is 0 Å². The van der Waals surface area contributed by atoms with Crippen LogP contribution in [0.5, 0.6) is 0 Å². The second-order valence-electron chi connectivity index (χ2n) is 1.94. The van der Waals surface area contributed by atoms with Crippen molar-refractivity contribution in [2.75, 3.05) is 13.2 Å². The van der Waals surface area contributed by atoms with Crippen LogP contribution >= 0.6 is 0 Å². The summed E-state index contributed by atoms with van der Waals surface area (Å²) >= 11 is 0. The van der Waals surface area contributed by atoms with Crippen molar-refractivity contribution in [1.82, 2.24) is 5.32 Å². The summed E-state index contributed by atoms with van der Waals surface area (Å²) in [6.45, 7) is 7.77. The molecule has 10 heavy (non-hydrogen) atoms. The Morgan fingerprint density at radius 1 is 1.70 bits per heavy atom. The molecule has 0 atom stereocenters. The maximum Gasteiger partial charge on any atom is 0.325 e. The molecule has 3 heteroatoms. The molecule has 0 aromatic heterocycles. The van der Waals surface area contributed by atoms with Crippen LogP contribution in [0.25, 0.3) is 0 Å². The highest BCUT2D eigenvalue weighted by Crippen LogP contribution is 1.79. The summed E-state index contributed by atoms with van der Waals surface area (Å²) in [6, 6.07) is 0. The minimum absolute atomic E-state index is 0.211. The third-order valence-electron chi connectivity index (χ3n) is 0.840. The van der Waals surface area contributed by atoms with Gasteiger partial charge in [0.05, 0.1) is 6.61 Å². The average molecular weight is 143 g/mol. The summed E-state index contributed by atoms with van der Waals surface area (Å²) in [5.74, 6) is -0.245. The highest BCUT2D eigenvalue weighted by molar-refractivity contribution is 5.71. The van der Waals surface area contributed by atoms with E-state index >= 15 is 0 Å². The zero-order valence-electron chi connectivity index (χ0n) is 6.44. The van der Waals surface area contributed by atoms with Crippen LogP contribution in [-0.4, -0.2) is 19.1 Å². The van der Waals surface area contributed by atoms with Crippen LogP contribution in [-0.2, 0) is 9.53 Å². The van der Waals surface area contributed by atoms with Gasteiger partial charge in [0, 0.05) is 5.70 Å². The first-order valence-corrected chi connectivity index (χ1v) is 3.21. The van der Waals surface area contributed by atoms with Gasteiger partial charge >= 0.3 is 5.97 Å². The number of esters is 1. The van der Waals surface area contributed by atoms with Crippen molar-refractivity contribution in [3.05, 3.63) is 12.3 Å². The summed E-state index contributed by atoms with van der Waals surface area (Å²) in [7, 11) is 0. The molecule has 0 amide bonds. The van der Waals surface area contributed by atoms with Gasteiger partial charge in [0.15, 0.2) is 0 Å². The van der Waals surface area contributed by atoms with Crippen molar-refractivity contribution in [1.29, 1.82) is 0 Å². The molecule has 0 saturated carbocycles. The lowest BCUT2D eigenvalue weighted by molar-refractivity contribution is -0.141. The predicted molar refractivity (Wildman–Crippen MR) is 39.4 cm³/mol. The molecule has 1 N–H and O–H groups in total. The number of ether oxygens (including phenoxy) is 1. The highest BCUT2D eigenvalue weighted by atomic mass is 16.5. The Labute approximate surface area is 61.1 Å². The largest absolute Gasteiger partial charge is 0.465 e. The molecule has 0 rings (SSSR count). The predicted octanol–water partition coefficient (Wildman–Crippen LogP) is 0.673. The van der Waals surface area contributed by atoms with Crippen molar-refractivity contribution in [3.63, 3.8) is 0 Å². The molecular weight excluding hydrogens is 130 g/mol. The minimum Gasteiger partial charge on any atom is -0.465 e. The summed E-state index contributed by atoms with van der Waals surface area (Å²) in [5, 5.41) is 2.76. The normalized spacial score (nSPS) is 8.60. The highest BCUT2D eigenvalue weighted by Gasteiger charge is 1.97. The average Bonchev–Trinajstić information content (AvgIpc) is 1.85. The van der Waals surface area contributed by atoms with E-state index in [1.807, 2.05) is 0 Å². The zero-order chi connectivity index (χ0) is 7.98. The fraction of sp³-hybridized carbons (Fsp3) is 0.571. The Hall–Kier alpha value is -0.990. The van der Waals surface area contributed by atoms with E-state index < -0.39 is 0 Å². The van der Waals surface area contributed by atoms with Crippen LogP contribution in [0.3, 0.4) is 0 Å².